The molecule has 0 saturated carbocycles. The van der Waals surface area contributed by atoms with E-state index in [-0.39, 0.29) is 5.97 Å². The molecule has 0 fully saturated rings. The predicted molar refractivity (Wildman–Crippen MR) is 71.2 cm³/mol. The molecule has 4 nitrogen and oxygen atoms in total. The van der Waals surface area contributed by atoms with Crippen LogP contribution in [0.1, 0.15) is 21.5 Å². The summed E-state index contributed by atoms with van der Waals surface area (Å²) >= 11 is 2.22. The van der Waals surface area contributed by atoms with Gasteiger partial charge in [0.25, 0.3) is 0 Å². The molecule has 5 heteroatoms. The molecule has 1 aliphatic rings. The number of halogens is 1. The largest absolute Gasteiger partial charge is 0.496 e. The Balaban J connectivity index is 2.50. The van der Waals surface area contributed by atoms with Crippen molar-refractivity contribution >= 4 is 28.6 Å². The summed E-state index contributed by atoms with van der Waals surface area (Å²) < 4.78 is 16.8. The molecule has 17 heavy (non-hydrogen) atoms. The van der Waals surface area contributed by atoms with Gasteiger partial charge in [0.1, 0.15) is 23.7 Å². The van der Waals surface area contributed by atoms with Gasteiger partial charge < -0.3 is 14.2 Å². The number of hydrogen-bond donors (Lipinski definition) is 0. The van der Waals surface area contributed by atoms with E-state index >= 15 is 0 Å². The third kappa shape index (κ3) is 2.20. The van der Waals surface area contributed by atoms with E-state index < -0.39 is 0 Å². The summed E-state index contributed by atoms with van der Waals surface area (Å²) in [5.74, 6) is 0.973. The summed E-state index contributed by atoms with van der Waals surface area (Å²) in [7, 11) is 1.61. The van der Waals surface area contributed by atoms with Gasteiger partial charge in [0, 0.05) is 16.1 Å². The van der Waals surface area contributed by atoms with Gasteiger partial charge in [-0.1, -0.05) is 22.6 Å². The fraction of sp³-hybridized carbons (Fsp3) is 0.417. The first-order valence-electron chi connectivity index (χ1n) is 5.25. The summed E-state index contributed by atoms with van der Waals surface area (Å²) in [5, 5.41) is 0. The van der Waals surface area contributed by atoms with Gasteiger partial charge in [0.05, 0.1) is 13.7 Å². The maximum atomic E-state index is 11.7. The van der Waals surface area contributed by atoms with Crippen LogP contribution in [0.25, 0.3) is 0 Å². The molecule has 0 saturated heterocycles. The van der Waals surface area contributed by atoms with Gasteiger partial charge in [-0.2, -0.15) is 0 Å². The van der Waals surface area contributed by atoms with Crippen LogP contribution in [0.15, 0.2) is 6.07 Å². The third-order valence-electron chi connectivity index (χ3n) is 2.74. The molecule has 0 radical (unpaired) electrons. The Morgan fingerprint density at radius 3 is 2.88 bits per heavy atom. The molecule has 0 N–H and O–H groups in total. The monoisotopic (exact) mass is 348 g/mol. The number of carbonyl (C=O) groups is 1. The van der Waals surface area contributed by atoms with E-state index in [9.17, 15) is 4.79 Å². The molecule has 1 aromatic carbocycles. The van der Waals surface area contributed by atoms with E-state index in [1.807, 2.05) is 6.92 Å². The van der Waals surface area contributed by atoms with Crippen molar-refractivity contribution in [2.75, 3.05) is 18.1 Å². The van der Waals surface area contributed by atoms with Crippen LogP contribution < -0.4 is 9.47 Å². The number of cyclic esters (lactones) is 1. The number of methoxy groups -OCH3 is 1. The minimum Gasteiger partial charge on any atom is -0.496 e. The van der Waals surface area contributed by atoms with Crippen LogP contribution in [0.5, 0.6) is 11.5 Å². The van der Waals surface area contributed by atoms with Gasteiger partial charge in [-0.3, -0.25) is 0 Å². The highest BCUT2D eigenvalue weighted by Gasteiger charge is 2.29. The summed E-state index contributed by atoms with van der Waals surface area (Å²) in [6, 6.07) is 1.76. The highest BCUT2D eigenvalue weighted by Crippen LogP contribution is 2.37. The normalized spacial score (nSPS) is 13.2. The van der Waals surface area contributed by atoms with Crippen molar-refractivity contribution in [3.63, 3.8) is 0 Å². The van der Waals surface area contributed by atoms with Crippen molar-refractivity contribution in [3.8, 4) is 11.5 Å². The summed E-state index contributed by atoms with van der Waals surface area (Å²) in [4.78, 5) is 11.7. The highest BCUT2D eigenvalue weighted by molar-refractivity contribution is 14.1. The Bertz CT molecular complexity index is 456. The Kier molecular flexibility index (Phi) is 3.76. The number of esters is 1. The minimum atomic E-state index is -0.311. The van der Waals surface area contributed by atoms with Crippen molar-refractivity contribution < 1.29 is 19.0 Å². The molecule has 0 spiro atoms. The molecule has 0 amide bonds. The van der Waals surface area contributed by atoms with Gasteiger partial charge in [-0.25, -0.2) is 4.79 Å². The fourth-order valence-corrected chi connectivity index (χ4v) is 2.09. The molecule has 0 unspecified atom stereocenters. The highest BCUT2D eigenvalue weighted by atomic mass is 127. The van der Waals surface area contributed by atoms with E-state index in [2.05, 4.69) is 22.6 Å². The zero-order valence-electron chi connectivity index (χ0n) is 9.71. The number of carbonyl (C=O) groups excluding carboxylic acids is 1. The van der Waals surface area contributed by atoms with Crippen LogP contribution in [0, 0.1) is 6.92 Å². The van der Waals surface area contributed by atoms with Crippen molar-refractivity contribution in [1.82, 2.24) is 0 Å². The van der Waals surface area contributed by atoms with Gasteiger partial charge in [0.2, 0.25) is 0 Å². The maximum absolute atomic E-state index is 11.7. The van der Waals surface area contributed by atoms with Crippen molar-refractivity contribution in [3.05, 3.63) is 22.8 Å². The lowest BCUT2D eigenvalue weighted by atomic mass is 10.0. The van der Waals surface area contributed by atoms with E-state index in [1.165, 1.54) is 0 Å². The number of ether oxygens (including phenoxy) is 3. The zero-order valence-corrected chi connectivity index (χ0v) is 11.9. The van der Waals surface area contributed by atoms with Crippen molar-refractivity contribution in [2.24, 2.45) is 0 Å². The predicted octanol–water partition coefficient (Wildman–Crippen LogP) is 2.49. The number of hydrogen-bond acceptors (Lipinski definition) is 4. The van der Waals surface area contributed by atoms with Crippen LogP contribution in [0.2, 0.25) is 0 Å². The Morgan fingerprint density at radius 1 is 1.47 bits per heavy atom. The van der Waals surface area contributed by atoms with Crippen LogP contribution in [-0.4, -0.2) is 24.1 Å². The molecule has 0 bridgehead atoms. The van der Waals surface area contributed by atoms with Gasteiger partial charge in [-0.05, 0) is 12.5 Å². The molecule has 2 rings (SSSR count). The average molecular weight is 348 g/mol. The molecular formula is C12H13IO4. The Labute approximate surface area is 113 Å². The van der Waals surface area contributed by atoms with Gasteiger partial charge >= 0.3 is 5.97 Å². The van der Waals surface area contributed by atoms with Gasteiger partial charge in [-0.15, -0.1) is 0 Å². The first kappa shape index (κ1) is 12.5. The van der Waals surface area contributed by atoms with E-state index in [1.54, 1.807) is 13.2 Å². The zero-order chi connectivity index (χ0) is 12.4. The number of alkyl halides is 1. The van der Waals surface area contributed by atoms with E-state index in [0.29, 0.717) is 24.5 Å². The van der Waals surface area contributed by atoms with E-state index in [4.69, 9.17) is 14.2 Å². The first-order chi connectivity index (χ1) is 8.19. The fourth-order valence-electron chi connectivity index (χ4n) is 1.87. The van der Waals surface area contributed by atoms with Crippen LogP contribution >= 0.6 is 22.6 Å². The third-order valence-corrected chi connectivity index (χ3v) is 3.18. The summed E-state index contributed by atoms with van der Waals surface area (Å²) in [6.45, 7) is 2.78. The second kappa shape index (κ2) is 5.12. The molecule has 1 aliphatic heterocycles. The molecule has 0 atom stereocenters. The van der Waals surface area contributed by atoms with Crippen molar-refractivity contribution in [2.45, 2.75) is 13.5 Å². The molecular weight excluding hydrogens is 335 g/mol. The minimum absolute atomic E-state index is 0.303. The number of benzene rings is 1. The lowest BCUT2D eigenvalue weighted by Gasteiger charge is -2.13. The lowest BCUT2D eigenvalue weighted by molar-refractivity contribution is 0.0532. The van der Waals surface area contributed by atoms with Crippen LogP contribution in [0.4, 0.5) is 0 Å². The SMILES string of the molecule is COc1cc(OCCI)c2c(c1C)COC2=O. The van der Waals surface area contributed by atoms with Crippen molar-refractivity contribution in [1.29, 1.82) is 0 Å². The average Bonchev–Trinajstić information content (AvgIpc) is 2.72. The standard InChI is InChI=1S/C12H13IO4/c1-7-8-6-17-12(14)11(8)10(16-4-3-13)5-9(7)15-2/h5H,3-4,6H2,1-2H3. The number of rotatable bonds is 4. The molecule has 1 heterocycles. The molecule has 1 aromatic rings. The Hall–Kier alpha value is -0.980. The summed E-state index contributed by atoms with van der Waals surface area (Å²) in [6.07, 6.45) is 0. The quantitative estimate of drug-likeness (QED) is 0.477. The smallest absolute Gasteiger partial charge is 0.342 e. The summed E-state index contributed by atoms with van der Waals surface area (Å²) in [5.41, 5.74) is 2.36. The molecule has 92 valence electrons. The first-order valence-corrected chi connectivity index (χ1v) is 6.78. The molecule has 0 aromatic heterocycles. The number of fused-ring (bicyclic) bond motifs is 1. The second-order valence-corrected chi connectivity index (χ2v) is 4.75. The lowest BCUT2D eigenvalue weighted by Crippen LogP contribution is -2.05. The maximum Gasteiger partial charge on any atom is 0.342 e. The van der Waals surface area contributed by atoms with Gasteiger partial charge in [0.15, 0.2) is 0 Å². The van der Waals surface area contributed by atoms with E-state index in [0.717, 1.165) is 21.3 Å². The van der Waals surface area contributed by atoms with Crippen LogP contribution in [-0.2, 0) is 11.3 Å². The van der Waals surface area contributed by atoms with Crippen LogP contribution in [0.3, 0.4) is 0 Å². The second-order valence-electron chi connectivity index (χ2n) is 3.67. The topological polar surface area (TPSA) is 44.8 Å². The molecule has 0 aliphatic carbocycles. The Morgan fingerprint density at radius 2 is 2.24 bits per heavy atom.